The van der Waals surface area contributed by atoms with Crippen LogP contribution >= 0.6 is 0 Å². The molecule has 0 saturated carbocycles. The zero-order valence-electron chi connectivity index (χ0n) is 9.25. The van der Waals surface area contributed by atoms with E-state index in [9.17, 15) is 0 Å². The van der Waals surface area contributed by atoms with Crippen molar-refractivity contribution >= 4 is 0 Å². The number of nitrogens with two attached hydrogens (primary N) is 1. The zero-order valence-corrected chi connectivity index (χ0v) is 9.25. The van der Waals surface area contributed by atoms with E-state index in [0.717, 1.165) is 32.6 Å². The lowest BCUT2D eigenvalue weighted by Gasteiger charge is -2.19. The molecule has 0 radical (unpaired) electrons. The average molecular weight is 188 g/mol. The summed E-state index contributed by atoms with van der Waals surface area (Å²) in [5.41, 5.74) is 5.50. The highest BCUT2D eigenvalue weighted by Gasteiger charge is 2.02. The van der Waals surface area contributed by atoms with Gasteiger partial charge in [-0.1, -0.05) is 6.92 Å². The maximum Gasteiger partial charge on any atom is 0.0543 e. The van der Waals surface area contributed by atoms with Crippen molar-refractivity contribution in [1.29, 1.82) is 0 Å². The molecule has 0 fully saturated rings. The van der Waals surface area contributed by atoms with Gasteiger partial charge in [0.05, 0.1) is 6.10 Å². The number of likely N-dealkylation sites (N-methyl/N-ethyl adjacent to an activating group) is 1. The summed E-state index contributed by atoms with van der Waals surface area (Å²) in [6, 6.07) is 0. The Morgan fingerprint density at radius 1 is 1.38 bits per heavy atom. The molecule has 0 rings (SSSR count). The molecular formula is C10H24N2O. The maximum atomic E-state index is 5.50. The van der Waals surface area contributed by atoms with Crippen LogP contribution < -0.4 is 5.73 Å². The minimum Gasteiger partial charge on any atom is -0.382 e. The second-order valence-electron chi connectivity index (χ2n) is 3.41. The third-order valence-corrected chi connectivity index (χ3v) is 2.38. The van der Waals surface area contributed by atoms with Gasteiger partial charge in [0.15, 0.2) is 0 Å². The highest BCUT2D eigenvalue weighted by Crippen LogP contribution is 2.01. The van der Waals surface area contributed by atoms with Crippen molar-refractivity contribution in [3.8, 4) is 0 Å². The Bertz CT molecular complexity index is 109. The number of hydrogen-bond donors (Lipinski definition) is 1. The maximum absolute atomic E-state index is 5.50. The van der Waals surface area contributed by atoms with Crippen LogP contribution in [0.4, 0.5) is 0 Å². The molecule has 0 aromatic heterocycles. The summed E-state index contributed by atoms with van der Waals surface area (Å²) in [7, 11) is 1.77. The number of methoxy groups -OCH3 is 1. The van der Waals surface area contributed by atoms with Gasteiger partial charge in [0, 0.05) is 20.2 Å². The zero-order chi connectivity index (χ0) is 10.1. The van der Waals surface area contributed by atoms with Crippen LogP contribution in [-0.4, -0.2) is 44.3 Å². The third-order valence-electron chi connectivity index (χ3n) is 2.38. The van der Waals surface area contributed by atoms with Crippen LogP contribution in [0.5, 0.6) is 0 Å². The summed E-state index contributed by atoms with van der Waals surface area (Å²) in [5, 5.41) is 0. The fourth-order valence-electron chi connectivity index (χ4n) is 1.33. The molecule has 0 aliphatic carbocycles. The Morgan fingerprint density at radius 3 is 2.54 bits per heavy atom. The molecule has 0 spiro atoms. The van der Waals surface area contributed by atoms with Crippen LogP contribution in [0.25, 0.3) is 0 Å². The summed E-state index contributed by atoms with van der Waals surface area (Å²) in [4.78, 5) is 2.38. The fraction of sp³-hybridized carbons (Fsp3) is 1.00. The predicted molar refractivity (Wildman–Crippen MR) is 56.9 cm³/mol. The van der Waals surface area contributed by atoms with Crippen LogP contribution in [0.15, 0.2) is 0 Å². The van der Waals surface area contributed by atoms with Gasteiger partial charge in [-0.3, -0.25) is 0 Å². The van der Waals surface area contributed by atoms with Gasteiger partial charge in [0.1, 0.15) is 0 Å². The molecule has 0 aliphatic heterocycles. The average Bonchev–Trinajstić information content (AvgIpc) is 2.16. The number of nitrogens with zero attached hydrogens (tertiary/aromatic N) is 1. The van der Waals surface area contributed by atoms with Crippen molar-refractivity contribution in [2.45, 2.75) is 32.8 Å². The minimum atomic E-state index is 0.386. The van der Waals surface area contributed by atoms with Crippen molar-refractivity contribution in [3.63, 3.8) is 0 Å². The van der Waals surface area contributed by atoms with Gasteiger partial charge < -0.3 is 15.4 Å². The van der Waals surface area contributed by atoms with Gasteiger partial charge in [0.25, 0.3) is 0 Å². The van der Waals surface area contributed by atoms with E-state index in [1.54, 1.807) is 7.11 Å². The van der Waals surface area contributed by atoms with Gasteiger partial charge >= 0.3 is 0 Å². The Labute approximate surface area is 82.2 Å². The topological polar surface area (TPSA) is 38.5 Å². The molecule has 80 valence electrons. The number of hydrogen-bond acceptors (Lipinski definition) is 3. The van der Waals surface area contributed by atoms with Crippen LogP contribution in [0.3, 0.4) is 0 Å². The summed E-state index contributed by atoms with van der Waals surface area (Å²) in [6.45, 7) is 8.29. The third kappa shape index (κ3) is 6.99. The summed E-state index contributed by atoms with van der Waals surface area (Å²) in [5.74, 6) is 0. The Kier molecular flexibility index (Phi) is 8.40. The first-order valence-corrected chi connectivity index (χ1v) is 5.19. The molecule has 3 nitrogen and oxygen atoms in total. The monoisotopic (exact) mass is 188 g/mol. The first kappa shape index (κ1) is 12.9. The molecule has 1 unspecified atom stereocenters. The second-order valence-corrected chi connectivity index (χ2v) is 3.41. The number of rotatable bonds is 8. The molecule has 0 heterocycles. The van der Waals surface area contributed by atoms with E-state index in [1.807, 2.05) is 0 Å². The lowest BCUT2D eigenvalue weighted by Crippen LogP contribution is -2.30. The van der Waals surface area contributed by atoms with E-state index < -0.39 is 0 Å². The molecule has 0 aromatic rings. The van der Waals surface area contributed by atoms with Gasteiger partial charge in [-0.2, -0.15) is 0 Å². The Hall–Kier alpha value is -0.120. The van der Waals surface area contributed by atoms with E-state index in [1.165, 1.54) is 6.42 Å². The molecule has 0 aromatic carbocycles. The minimum absolute atomic E-state index is 0.386. The first-order valence-electron chi connectivity index (χ1n) is 5.19. The van der Waals surface area contributed by atoms with Gasteiger partial charge in [-0.25, -0.2) is 0 Å². The lowest BCUT2D eigenvalue weighted by atomic mass is 10.2. The van der Waals surface area contributed by atoms with Gasteiger partial charge in [-0.15, -0.1) is 0 Å². The Balaban J connectivity index is 3.37. The van der Waals surface area contributed by atoms with E-state index >= 15 is 0 Å². The molecule has 0 saturated heterocycles. The SMILES string of the molecule is CCN(CCN)CCCC(C)OC. The lowest BCUT2D eigenvalue weighted by molar-refractivity contribution is 0.105. The van der Waals surface area contributed by atoms with Crippen molar-refractivity contribution in [2.24, 2.45) is 5.73 Å². The van der Waals surface area contributed by atoms with E-state index in [2.05, 4.69) is 18.7 Å². The van der Waals surface area contributed by atoms with Crippen LogP contribution in [0.1, 0.15) is 26.7 Å². The van der Waals surface area contributed by atoms with Crippen molar-refractivity contribution in [3.05, 3.63) is 0 Å². The number of ether oxygens (including phenoxy) is 1. The largest absolute Gasteiger partial charge is 0.382 e. The fourth-order valence-corrected chi connectivity index (χ4v) is 1.33. The molecule has 0 aliphatic rings. The van der Waals surface area contributed by atoms with Gasteiger partial charge in [0.2, 0.25) is 0 Å². The normalized spacial score (nSPS) is 13.6. The van der Waals surface area contributed by atoms with Crippen molar-refractivity contribution in [2.75, 3.05) is 33.3 Å². The summed E-state index contributed by atoms with van der Waals surface area (Å²) < 4.78 is 5.18. The molecular weight excluding hydrogens is 164 g/mol. The highest BCUT2D eigenvalue weighted by molar-refractivity contribution is 4.58. The van der Waals surface area contributed by atoms with Crippen molar-refractivity contribution in [1.82, 2.24) is 4.90 Å². The molecule has 0 bridgehead atoms. The van der Waals surface area contributed by atoms with E-state index in [-0.39, 0.29) is 0 Å². The standard InChI is InChI=1S/C10H24N2O/c1-4-12(9-7-11)8-5-6-10(2)13-3/h10H,4-9,11H2,1-3H3. The molecule has 0 amide bonds. The van der Waals surface area contributed by atoms with Gasteiger partial charge in [-0.05, 0) is 32.9 Å². The Morgan fingerprint density at radius 2 is 2.08 bits per heavy atom. The summed E-state index contributed by atoms with van der Waals surface area (Å²) >= 11 is 0. The quantitative estimate of drug-likeness (QED) is 0.619. The molecule has 2 N–H and O–H groups in total. The summed E-state index contributed by atoms with van der Waals surface area (Å²) in [6.07, 6.45) is 2.72. The first-order chi connectivity index (χ1) is 6.24. The predicted octanol–water partition coefficient (Wildman–Crippen LogP) is 1.08. The van der Waals surface area contributed by atoms with E-state index in [4.69, 9.17) is 10.5 Å². The van der Waals surface area contributed by atoms with Crippen LogP contribution in [0.2, 0.25) is 0 Å². The van der Waals surface area contributed by atoms with Crippen molar-refractivity contribution < 1.29 is 4.74 Å². The highest BCUT2D eigenvalue weighted by atomic mass is 16.5. The van der Waals surface area contributed by atoms with Crippen LogP contribution in [-0.2, 0) is 4.74 Å². The van der Waals surface area contributed by atoms with Crippen LogP contribution in [0, 0.1) is 0 Å². The molecule has 1 atom stereocenters. The smallest absolute Gasteiger partial charge is 0.0543 e. The molecule has 13 heavy (non-hydrogen) atoms. The van der Waals surface area contributed by atoms with E-state index in [0.29, 0.717) is 6.10 Å². The molecule has 3 heteroatoms. The second kappa shape index (κ2) is 8.48.